The van der Waals surface area contributed by atoms with Gasteiger partial charge in [0.05, 0.1) is 10.9 Å². The summed E-state index contributed by atoms with van der Waals surface area (Å²) in [6.07, 6.45) is 0.546. The van der Waals surface area contributed by atoms with Crippen LogP contribution in [0.3, 0.4) is 0 Å². The van der Waals surface area contributed by atoms with Crippen LogP contribution in [0.4, 0.5) is 0 Å². The van der Waals surface area contributed by atoms with Gasteiger partial charge in [0, 0.05) is 7.05 Å². The van der Waals surface area contributed by atoms with Crippen molar-refractivity contribution in [3.8, 4) is 0 Å². The maximum atomic E-state index is 14.1. The van der Waals surface area contributed by atoms with Gasteiger partial charge in [-0.15, -0.1) is 0 Å². The lowest BCUT2D eigenvalue weighted by atomic mass is 9.96. The molecule has 0 saturated carbocycles. The fourth-order valence-corrected chi connectivity index (χ4v) is 6.22. The fraction of sp³-hybridized carbons (Fsp3) is 0.308. The summed E-state index contributed by atoms with van der Waals surface area (Å²) in [4.78, 5) is 6.71. The molecule has 0 unspecified atom stereocenters. The van der Waals surface area contributed by atoms with E-state index in [4.69, 9.17) is 4.84 Å². The Morgan fingerprint density at radius 1 is 0.844 bits per heavy atom. The third-order valence-electron chi connectivity index (χ3n) is 5.95. The first-order valence-electron chi connectivity index (χ1n) is 11.0. The molecular weight excluding hydrogens is 420 g/mol. The molecule has 1 saturated heterocycles. The van der Waals surface area contributed by atoms with Crippen LogP contribution in [0.25, 0.3) is 0 Å². The molecule has 3 atom stereocenters. The van der Waals surface area contributed by atoms with Crippen molar-refractivity contribution in [2.24, 2.45) is 0 Å². The van der Waals surface area contributed by atoms with Crippen LogP contribution in [0, 0.1) is 6.92 Å². The summed E-state index contributed by atoms with van der Waals surface area (Å²) in [7, 11) is -2.00. The number of sulfonamides is 1. The van der Waals surface area contributed by atoms with Gasteiger partial charge in [-0.05, 0) is 36.6 Å². The lowest BCUT2D eigenvalue weighted by Gasteiger charge is -2.49. The van der Waals surface area contributed by atoms with E-state index in [-0.39, 0.29) is 6.04 Å². The number of rotatable bonds is 6. The second kappa shape index (κ2) is 9.55. The van der Waals surface area contributed by atoms with Gasteiger partial charge in [-0.25, -0.2) is 8.42 Å². The van der Waals surface area contributed by atoms with Gasteiger partial charge in [0.1, 0.15) is 12.3 Å². The smallest absolute Gasteiger partial charge is 0.245 e. The normalized spacial score (nSPS) is 22.7. The van der Waals surface area contributed by atoms with Crippen molar-refractivity contribution in [2.45, 2.75) is 49.9 Å². The topological polar surface area (TPSA) is 49.9 Å². The molecule has 1 aliphatic rings. The van der Waals surface area contributed by atoms with Crippen LogP contribution in [0.1, 0.15) is 48.7 Å². The predicted molar refractivity (Wildman–Crippen MR) is 126 cm³/mol. The molecule has 1 aliphatic heterocycles. The first-order valence-corrected chi connectivity index (χ1v) is 12.5. The average Bonchev–Trinajstić information content (AvgIpc) is 2.81. The van der Waals surface area contributed by atoms with E-state index in [9.17, 15) is 8.42 Å². The van der Waals surface area contributed by atoms with E-state index in [0.29, 0.717) is 11.3 Å². The molecular formula is C26H30N2O3S. The van der Waals surface area contributed by atoms with Crippen molar-refractivity contribution in [1.29, 1.82) is 0 Å². The summed E-state index contributed by atoms with van der Waals surface area (Å²) in [5.74, 6) is 0. The van der Waals surface area contributed by atoms with Crippen molar-refractivity contribution in [3.63, 3.8) is 0 Å². The zero-order valence-electron chi connectivity index (χ0n) is 18.8. The standard InChI is InChI=1S/C26H30N2O3S/c1-4-11-24-25(21-12-7-5-8-13-21)31-27(3)26(22-14-9-6-10-15-22)28(24)32(29,30)23-18-16-20(2)17-19-23/h5-10,12-19,24-26H,4,11H2,1-3H3/t24-,25+,26+/m1/s1. The second-order valence-corrected chi connectivity index (χ2v) is 10.1. The number of benzene rings is 3. The largest absolute Gasteiger partial charge is 0.288 e. The molecule has 1 fully saturated rings. The van der Waals surface area contributed by atoms with Gasteiger partial charge in [-0.2, -0.15) is 9.37 Å². The minimum absolute atomic E-state index is 0.298. The molecule has 0 aliphatic carbocycles. The maximum absolute atomic E-state index is 14.1. The molecule has 1 heterocycles. The van der Waals surface area contributed by atoms with Crippen LogP contribution in [-0.2, 0) is 14.9 Å². The van der Waals surface area contributed by atoms with Crippen molar-refractivity contribution in [2.75, 3.05) is 7.05 Å². The molecule has 0 bridgehead atoms. The number of hydroxylamine groups is 2. The zero-order valence-corrected chi connectivity index (χ0v) is 19.6. The van der Waals surface area contributed by atoms with E-state index >= 15 is 0 Å². The van der Waals surface area contributed by atoms with Crippen molar-refractivity contribution < 1.29 is 13.3 Å². The lowest BCUT2D eigenvalue weighted by Crippen LogP contribution is -2.56. The SMILES string of the molecule is CCC[C@@H]1[C@H](c2ccccc2)ON(C)[C@H](c2ccccc2)N1S(=O)(=O)c1ccc(C)cc1. The first-order chi connectivity index (χ1) is 15.4. The Balaban J connectivity index is 1.89. The van der Waals surface area contributed by atoms with Crippen LogP contribution in [0.5, 0.6) is 0 Å². The second-order valence-electron chi connectivity index (χ2n) is 8.27. The van der Waals surface area contributed by atoms with E-state index < -0.39 is 22.3 Å². The van der Waals surface area contributed by atoms with Crippen molar-refractivity contribution in [3.05, 3.63) is 102 Å². The van der Waals surface area contributed by atoms with E-state index in [1.807, 2.05) is 86.8 Å². The summed E-state index contributed by atoms with van der Waals surface area (Å²) in [5, 5.41) is 1.69. The molecule has 3 aromatic rings. The quantitative estimate of drug-likeness (QED) is 0.500. The van der Waals surface area contributed by atoms with Gasteiger partial charge in [-0.3, -0.25) is 4.84 Å². The van der Waals surface area contributed by atoms with Gasteiger partial charge in [0.15, 0.2) is 0 Å². The molecule has 32 heavy (non-hydrogen) atoms. The van der Waals surface area contributed by atoms with Crippen molar-refractivity contribution >= 4 is 10.0 Å². The molecule has 0 radical (unpaired) electrons. The highest BCUT2D eigenvalue weighted by Crippen LogP contribution is 2.44. The van der Waals surface area contributed by atoms with E-state index in [1.54, 1.807) is 21.5 Å². The summed E-state index contributed by atoms with van der Waals surface area (Å²) in [5.41, 5.74) is 2.86. The molecule has 0 aromatic heterocycles. The summed E-state index contributed by atoms with van der Waals surface area (Å²) < 4.78 is 29.9. The van der Waals surface area contributed by atoms with Gasteiger partial charge in [0.2, 0.25) is 10.0 Å². The molecule has 5 nitrogen and oxygen atoms in total. The first kappa shape index (κ1) is 22.7. The van der Waals surface area contributed by atoms with Crippen LogP contribution in [-0.4, -0.2) is 30.9 Å². The monoisotopic (exact) mass is 450 g/mol. The minimum Gasteiger partial charge on any atom is -0.288 e. The molecule has 4 rings (SSSR count). The molecule has 0 N–H and O–H groups in total. The van der Waals surface area contributed by atoms with Gasteiger partial charge in [0.25, 0.3) is 0 Å². The average molecular weight is 451 g/mol. The van der Waals surface area contributed by atoms with E-state index in [0.717, 1.165) is 23.1 Å². The van der Waals surface area contributed by atoms with Gasteiger partial charge in [-0.1, -0.05) is 91.7 Å². The Labute approximate surface area is 191 Å². The van der Waals surface area contributed by atoms with Crippen LogP contribution in [0.2, 0.25) is 0 Å². The summed E-state index contributed by atoms with van der Waals surface area (Å²) >= 11 is 0. The van der Waals surface area contributed by atoms with Crippen LogP contribution in [0.15, 0.2) is 89.8 Å². The lowest BCUT2D eigenvalue weighted by molar-refractivity contribution is -0.284. The number of hydrogen-bond acceptors (Lipinski definition) is 4. The van der Waals surface area contributed by atoms with Gasteiger partial charge < -0.3 is 0 Å². The Morgan fingerprint density at radius 3 is 1.97 bits per heavy atom. The highest BCUT2D eigenvalue weighted by molar-refractivity contribution is 7.89. The zero-order chi connectivity index (χ0) is 22.7. The Bertz CT molecular complexity index is 1120. The third-order valence-corrected chi connectivity index (χ3v) is 7.84. The summed E-state index contributed by atoms with van der Waals surface area (Å²) in [6.45, 7) is 4.03. The number of hydrogen-bond donors (Lipinski definition) is 0. The number of aryl methyl sites for hydroxylation is 1. The Morgan fingerprint density at radius 2 is 1.41 bits per heavy atom. The minimum atomic E-state index is -3.81. The third kappa shape index (κ3) is 4.36. The molecule has 168 valence electrons. The highest BCUT2D eigenvalue weighted by Gasteiger charge is 2.48. The number of nitrogens with zero attached hydrogens (tertiary/aromatic N) is 2. The highest BCUT2D eigenvalue weighted by atomic mass is 32.2. The predicted octanol–water partition coefficient (Wildman–Crippen LogP) is 5.47. The van der Waals surface area contributed by atoms with Gasteiger partial charge >= 0.3 is 0 Å². The molecule has 3 aromatic carbocycles. The van der Waals surface area contributed by atoms with Crippen LogP contribution >= 0.6 is 0 Å². The molecule has 0 amide bonds. The van der Waals surface area contributed by atoms with Crippen LogP contribution < -0.4 is 0 Å². The Hall–Kier alpha value is -2.51. The van der Waals surface area contributed by atoms with Crippen molar-refractivity contribution in [1.82, 2.24) is 9.37 Å². The maximum Gasteiger partial charge on any atom is 0.245 e. The molecule has 0 spiro atoms. The molecule has 6 heteroatoms. The van der Waals surface area contributed by atoms with E-state index in [2.05, 4.69) is 6.92 Å². The Kier molecular flexibility index (Phi) is 6.76. The van der Waals surface area contributed by atoms with E-state index in [1.165, 1.54) is 0 Å². The fourth-order valence-electron chi connectivity index (χ4n) is 4.41. The summed E-state index contributed by atoms with van der Waals surface area (Å²) in [6, 6.07) is 26.3.